The third-order valence-corrected chi connectivity index (χ3v) is 4.21. The Balaban J connectivity index is 1.96. The van der Waals surface area contributed by atoms with Gasteiger partial charge in [-0.05, 0) is 30.7 Å². The van der Waals surface area contributed by atoms with E-state index in [1.165, 1.54) is 32.1 Å². The molecule has 0 saturated heterocycles. The second-order valence-electron chi connectivity index (χ2n) is 6.16. The molecule has 2 rings (SSSR count). The van der Waals surface area contributed by atoms with Gasteiger partial charge in [0.1, 0.15) is 11.6 Å². The molecule has 0 unspecified atom stereocenters. The van der Waals surface area contributed by atoms with Gasteiger partial charge < -0.3 is 10.1 Å². The molecule has 1 aromatic heterocycles. The first-order valence-electron chi connectivity index (χ1n) is 9.14. The van der Waals surface area contributed by atoms with Crippen molar-refractivity contribution in [2.45, 2.75) is 45.4 Å². The maximum Gasteiger partial charge on any atom is 0.196 e. The SMILES string of the molecule is CCCCCCCCNc1ncccc1C(=O)c1cccc(OC)c1. The Morgan fingerprint density at radius 3 is 2.68 bits per heavy atom. The van der Waals surface area contributed by atoms with E-state index in [2.05, 4.69) is 17.2 Å². The predicted octanol–water partition coefficient (Wildman–Crippen LogP) is 5.09. The quantitative estimate of drug-likeness (QED) is 0.457. The van der Waals surface area contributed by atoms with Crippen LogP contribution in [0.3, 0.4) is 0 Å². The van der Waals surface area contributed by atoms with Crippen LogP contribution in [-0.2, 0) is 0 Å². The molecule has 4 heteroatoms. The van der Waals surface area contributed by atoms with Gasteiger partial charge in [-0.1, -0.05) is 51.2 Å². The van der Waals surface area contributed by atoms with Crippen LogP contribution < -0.4 is 10.1 Å². The van der Waals surface area contributed by atoms with E-state index < -0.39 is 0 Å². The molecule has 0 aliphatic rings. The number of carbonyl (C=O) groups excluding carboxylic acids is 1. The molecule has 25 heavy (non-hydrogen) atoms. The van der Waals surface area contributed by atoms with Crippen molar-refractivity contribution < 1.29 is 9.53 Å². The largest absolute Gasteiger partial charge is 0.497 e. The number of methoxy groups -OCH3 is 1. The number of hydrogen-bond donors (Lipinski definition) is 1. The Morgan fingerprint density at radius 2 is 1.88 bits per heavy atom. The van der Waals surface area contributed by atoms with Gasteiger partial charge in [0.05, 0.1) is 12.7 Å². The monoisotopic (exact) mass is 340 g/mol. The van der Waals surface area contributed by atoms with E-state index in [-0.39, 0.29) is 5.78 Å². The molecule has 1 N–H and O–H groups in total. The first-order valence-corrected chi connectivity index (χ1v) is 9.14. The number of ether oxygens (including phenoxy) is 1. The lowest BCUT2D eigenvalue weighted by Crippen LogP contribution is -2.10. The van der Waals surface area contributed by atoms with Crippen LogP contribution >= 0.6 is 0 Å². The summed E-state index contributed by atoms with van der Waals surface area (Å²) in [6.45, 7) is 3.06. The summed E-state index contributed by atoms with van der Waals surface area (Å²) in [7, 11) is 1.60. The van der Waals surface area contributed by atoms with Crippen molar-refractivity contribution in [1.29, 1.82) is 0 Å². The predicted molar refractivity (Wildman–Crippen MR) is 103 cm³/mol. The molecule has 0 aliphatic carbocycles. The van der Waals surface area contributed by atoms with Gasteiger partial charge in [0.15, 0.2) is 5.78 Å². The summed E-state index contributed by atoms with van der Waals surface area (Å²) in [5.41, 5.74) is 1.21. The fourth-order valence-electron chi connectivity index (χ4n) is 2.76. The molecule has 2 aromatic rings. The maximum atomic E-state index is 12.8. The molecule has 0 saturated carbocycles. The minimum Gasteiger partial charge on any atom is -0.497 e. The van der Waals surface area contributed by atoms with Crippen LogP contribution in [0.15, 0.2) is 42.6 Å². The van der Waals surface area contributed by atoms with Crippen LogP contribution in [0.1, 0.15) is 61.4 Å². The van der Waals surface area contributed by atoms with Gasteiger partial charge in [0, 0.05) is 18.3 Å². The Bertz CT molecular complexity index is 670. The average molecular weight is 340 g/mol. The normalized spacial score (nSPS) is 10.5. The summed E-state index contributed by atoms with van der Waals surface area (Å²) in [4.78, 5) is 17.2. The zero-order chi connectivity index (χ0) is 17.9. The van der Waals surface area contributed by atoms with Gasteiger partial charge in [-0.15, -0.1) is 0 Å². The average Bonchev–Trinajstić information content (AvgIpc) is 2.67. The first-order chi connectivity index (χ1) is 12.3. The highest BCUT2D eigenvalue weighted by atomic mass is 16.5. The van der Waals surface area contributed by atoms with Crippen molar-refractivity contribution in [2.24, 2.45) is 0 Å². The Kier molecular flexibility index (Phi) is 7.96. The lowest BCUT2D eigenvalue weighted by atomic mass is 10.0. The second kappa shape index (κ2) is 10.5. The highest BCUT2D eigenvalue weighted by Crippen LogP contribution is 2.20. The van der Waals surface area contributed by atoms with E-state index in [0.29, 0.717) is 22.7 Å². The second-order valence-corrected chi connectivity index (χ2v) is 6.16. The summed E-state index contributed by atoms with van der Waals surface area (Å²) in [5.74, 6) is 1.29. The maximum absolute atomic E-state index is 12.8. The van der Waals surface area contributed by atoms with Gasteiger partial charge in [0.2, 0.25) is 0 Å². The molecule has 0 aliphatic heterocycles. The molecule has 1 aromatic carbocycles. The number of benzene rings is 1. The van der Waals surface area contributed by atoms with Crippen LogP contribution in [0.25, 0.3) is 0 Å². The number of carbonyl (C=O) groups is 1. The van der Waals surface area contributed by atoms with Crippen LogP contribution in [0.4, 0.5) is 5.82 Å². The lowest BCUT2D eigenvalue weighted by molar-refractivity contribution is 0.103. The molecular formula is C21H28N2O2. The molecule has 0 radical (unpaired) electrons. The molecule has 0 amide bonds. The molecule has 0 spiro atoms. The number of nitrogens with one attached hydrogen (secondary N) is 1. The van der Waals surface area contributed by atoms with Crippen LogP contribution in [0, 0.1) is 0 Å². The van der Waals surface area contributed by atoms with Crippen molar-refractivity contribution in [2.75, 3.05) is 19.0 Å². The molecule has 4 nitrogen and oxygen atoms in total. The van der Waals surface area contributed by atoms with Gasteiger partial charge in [-0.25, -0.2) is 4.98 Å². The third kappa shape index (κ3) is 5.89. The highest BCUT2D eigenvalue weighted by Gasteiger charge is 2.14. The summed E-state index contributed by atoms with van der Waals surface area (Å²) in [6.07, 6.45) is 9.17. The van der Waals surface area contributed by atoms with E-state index in [4.69, 9.17) is 4.74 Å². The number of nitrogens with zero attached hydrogens (tertiary/aromatic N) is 1. The topological polar surface area (TPSA) is 51.2 Å². The highest BCUT2D eigenvalue weighted by molar-refractivity contribution is 6.12. The number of ketones is 1. The molecule has 134 valence electrons. The first kappa shape index (κ1) is 19.0. The fraction of sp³-hybridized carbons (Fsp3) is 0.429. The summed E-state index contributed by atoms with van der Waals surface area (Å²) < 4.78 is 5.21. The van der Waals surface area contributed by atoms with Crippen molar-refractivity contribution in [3.05, 3.63) is 53.7 Å². The minimum absolute atomic E-state index is 0.0440. The van der Waals surface area contributed by atoms with Crippen LogP contribution in [0.5, 0.6) is 5.75 Å². The van der Waals surface area contributed by atoms with Gasteiger partial charge in [-0.3, -0.25) is 4.79 Å². The summed E-state index contributed by atoms with van der Waals surface area (Å²) >= 11 is 0. The van der Waals surface area contributed by atoms with Gasteiger partial charge >= 0.3 is 0 Å². The Labute approximate surface area is 150 Å². The third-order valence-electron chi connectivity index (χ3n) is 4.21. The Morgan fingerprint density at radius 1 is 1.08 bits per heavy atom. The van der Waals surface area contributed by atoms with E-state index in [1.807, 2.05) is 18.2 Å². The smallest absolute Gasteiger partial charge is 0.196 e. The minimum atomic E-state index is -0.0440. The molecule has 0 bridgehead atoms. The number of aromatic nitrogens is 1. The van der Waals surface area contributed by atoms with E-state index in [1.54, 1.807) is 31.5 Å². The number of hydrogen-bond acceptors (Lipinski definition) is 4. The van der Waals surface area contributed by atoms with Crippen molar-refractivity contribution in [3.8, 4) is 5.75 Å². The number of rotatable bonds is 11. The fourth-order valence-corrected chi connectivity index (χ4v) is 2.76. The number of anilines is 1. The summed E-state index contributed by atoms with van der Waals surface area (Å²) in [5, 5.41) is 3.32. The van der Waals surface area contributed by atoms with Crippen molar-refractivity contribution in [1.82, 2.24) is 4.98 Å². The number of pyridine rings is 1. The number of unbranched alkanes of at least 4 members (excludes halogenated alkanes) is 5. The lowest BCUT2D eigenvalue weighted by Gasteiger charge is -2.11. The van der Waals surface area contributed by atoms with E-state index >= 15 is 0 Å². The standard InChI is InChI=1S/C21H28N2O2/c1-3-4-5-6-7-8-14-22-21-19(13-10-15-23-21)20(24)17-11-9-12-18(16-17)25-2/h9-13,15-16H,3-8,14H2,1-2H3,(H,22,23). The molecule has 1 heterocycles. The van der Waals surface area contributed by atoms with Crippen LogP contribution in [0.2, 0.25) is 0 Å². The zero-order valence-electron chi connectivity index (χ0n) is 15.3. The Hall–Kier alpha value is -2.36. The van der Waals surface area contributed by atoms with Crippen LogP contribution in [-0.4, -0.2) is 24.4 Å². The summed E-state index contributed by atoms with van der Waals surface area (Å²) in [6, 6.07) is 10.8. The van der Waals surface area contributed by atoms with Crippen molar-refractivity contribution >= 4 is 11.6 Å². The van der Waals surface area contributed by atoms with Gasteiger partial charge in [-0.2, -0.15) is 0 Å². The van der Waals surface area contributed by atoms with Gasteiger partial charge in [0.25, 0.3) is 0 Å². The molecule has 0 atom stereocenters. The van der Waals surface area contributed by atoms with E-state index in [9.17, 15) is 4.79 Å². The van der Waals surface area contributed by atoms with Crippen molar-refractivity contribution in [3.63, 3.8) is 0 Å². The molecular weight excluding hydrogens is 312 g/mol. The zero-order valence-corrected chi connectivity index (χ0v) is 15.3. The van der Waals surface area contributed by atoms with E-state index in [0.717, 1.165) is 13.0 Å². The molecule has 0 fully saturated rings.